The van der Waals surface area contributed by atoms with E-state index < -0.39 is 25.1 Å². The Hall–Kier alpha value is -1.76. The lowest BCUT2D eigenvalue weighted by atomic mass is 10.0. The number of benzene rings is 1. The number of aliphatic hydroxyl groups is 1. The van der Waals surface area contributed by atoms with Crippen molar-refractivity contribution in [1.82, 2.24) is 9.13 Å². The molecule has 7 heteroatoms. The van der Waals surface area contributed by atoms with Gasteiger partial charge in [0.2, 0.25) is 0 Å². The normalized spacial score (nSPS) is 13.9. The summed E-state index contributed by atoms with van der Waals surface area (Å²) in [6.07, 6.45) is -6.92. The first kappa shape index (κ1) is 14.6. The maximum atomic E-state index is 12.1. The van der Waals surface area contributed by atoms with Crippen LogP contribution in [0.3, 0.4) is 0 Å². The van der Waals surface area contributed by atoms with Crippen LogP contribution in [-0.2, 0) is 14.1 Å². The van der Waals surface area contributed by atoms with Crippen molar-refractivity contribution in [3.63, 3.8) is 0 Å². The lowest BCUT2D eigenvalue weighted by Crippen LogP contribution is -2.19. The monoisotopic (exact) mass is 288 g/mol. The van der Waals surface area contributed by atoms with Crippen LogP contribution < -0.4 is 5.69 Å². The zero-order chi connectivity index (χ0) is 15.1. The van der Waals surface area contributed by atoms with Crippen LogP contribution >= 0.6 is 0 Å². The van der Waals surface area contributed by atoms with E-state index in [1.54, 1.807) is 32.3 Å². The minimum absolute atomic E-state index is 0.220. The lowest BCUT2D eigenvalue weighted by Gasteiger charge is -2.13. The Labute approximate surface area is 113 Å². The van der Waals surface area contributed by atoms with Crippen molar-refractivity contribution < 1.29 is 18.3 Å². The Kier molecular flexibility index (Phi) is 3.64. The van der Waals surface area contributed by atoms with Gasteiger partial charge >= 0.3 is 11.9 Å². The molecule has 2 aromatic rings. The van der Waals surface area contributed by atoms with Crippen molar-refractivity contribution >= 4 is 11.0 Å². The van der Waals surface area contributed by atoms with Crippen LogP contribution in [0.2, 0.25) is 0 Å². The number of fused-ring (bicyclic) bond motifs is 1. The Morgan fingerprint density at radius 2 is 1.80 bits per heavy atom. The molecule has 110 valence electrons. The fourth-order valence-electron chi connectivity index (χ4n) is 2.20. The van der Waals surface area contributed by atoms with Crippen LogP contribution in [0.1, 0.15) is 24.5 Å². The second kappa shape index (κ2) is 4.97. The molecule has 1 aromatic carbocycles. The van der Waals surface area contributed by atoms with Gasteiger partial charge < -0.3 is 5.11 Å². The van der Waals surface area contributed by atoms with Crippen molar-refractivity contribution in [2.75, 3.05) is 0 Å². The molecule has 1 atom stereocenters. The van der Waals surface area contributed by atoms with E-state index in [2.05, 4.69) is 0 Å². The van der Waals surface area contributed by atoms with Crippen molar-refractivity contribution in [3.05, 3.63) is 34.2 Å². The average molecular weight is 288 g/mol. The summed E-state index contributed by atoms with van der Waals surface area (Å²) < 4.78 is 39.3. The number of aryl methyl sites for hydroxylation is 2. The molecule has 0 amide bonds. The molecule has 2 rings (SSSR count). The largest absolute Gasteiger partial charge is 0.389 e. The lowest BCUT2D eigenvalue weighted by molar-refractivity contribution is -0.140. The molecule has 0 saturated heterocycles. The molecule has 1 heterocycles. The second-order valence-corrected chi connectivity index (χ2v) is 4.82. The van der Waals surface area contributed by atoms with E-state index in [1.165, 1.54) is 9.13 Å². The summed E-state index contributed by atoms with van der Waals surface area (Å²) >= 11 is 0. The molecule has 0 aliphatic carbocycles. The van der Waals surface area contributed by atoms with Gasteiger partial charge in [-0.15, -0.1) is 0 Å². The standard InChI is InChI=1S/C13H15F3N2O2/c1-17-9-4-3-8(7-10(9)18(2)12(17)20)11(19)5-6-13(14,15)16/h3-4,7,11,19H,5-6H2,1-2H3. The number of aliphatic hydroxyl groups excluding tert-OH is 1. The first-order chi connectivity index (χ1) is 9.20. The van der Waals surface area contributed by atoms with Crippen LogP contribution in [0.5, 0.6) is 0 Å². The van der Waals surface area contributed by atoms with Crippen molar-refractivity contribution in [2.45, 2.75) is 25.1 Å². The highest BCUT2D eigenvalue weighted by Crippen LogP contribution is 2.28. The fourth-order valence-corrected chi connectivity index (χ4v) is 2.20. The molecule has 4 nitrogen and oxygen atoms in total. The summed E-state index contributed by atoms with van der Waals surface area (Å²) in [5.41, 5.74) is 1.41. The Morgan fingerprint density at radius 3 is 2.40 bits per heavy atom. The average Bonchev–Trinajstić information content (AvgIpc) is 2.60. The van der Waals surface area contributed by atoms with Gasteiger partial charge in [0.15, 0.2) is 0 Å². The van der Waals surface area contributed by atoms with E-state index in [4.69, 9.17) is 0 Å². The molecule has 0 bridgehead atoms. The molecule has 0 saturated carbocycles. The summed E-state index contributed by atoms with van der Waals surface area (Å²) in [4.78, 5) is 11.7. The SMILES string of the molecule is Cn1c(=O)n(C)c2cc(C(O)CCC(F)(F)F)ccc21. The number of halogens is 3. The number of rotatable bonds is 3. The highest BCUT2D eigenvalue weighted by atomic mass is 19.4. The third-order valence-corrected chi connectivity index (χ3v) is 3.38. The molecule has 1 aromatic heterocycles. The predicted molar refractivity (Wildman–Crippen MR) is 68.4 cm³/mol. The maximum absolute atomic E-state index is 12.1. The third-order valence-electron chi connectivity index (χ3n) is 3.38. The third kappa shape index (κ3) is 2.72. The number of alkyl halides is 3. The smallest absolute Gasteiger partial charge is 0.388 e. The van der Waals surface area contributed by atoms with Gasteiger partial charge in [-0.2, -0.15) is 13.2 Å². The summed E-state index contributed by atoms with van der Waals surface area (Å²) in [5.74, 6) is 0. The summed E-state index contributed by atoms with van der Waals surface area (Å²) in [7, 11) is 3.20. The molecule has 1 unspecified atom stereocenters. The van der Waals surface area contributed by atoms with Crippen LogP contribution in [0.4, 0.5) is 13.2 Å². The minimum Gasteiger partial charge on any atom is -0.388 e. The van der Waals surface area contributed by atoms with Gasteiger partial charge in [-0.1, -0.05) is 6.07 Å². The summed E-state index contributed by atoms with van der Waals surface area (Å²) in [6, 6.07) is 4.73. The van der Waals surface area contributed by atoms with Crippen molar-refractivity contribution in [1.29, 1.82) is 0 Å². The van der Waals surface area contributed by atoms with E-state index in [9.17, 15) is 23.1 Å². The molecular weight excluding hydrogens is 273 g/mol. The summed E-state index contributed by atoms with van der Waals surface area (Å²) in [6.45, 7) is 0. The number of hydrogen-bond donors (Lipinski definition) is 1. The fraction of sp³-hybridized carbons (Fsp3) is 0.462. The second-order valence-electron chi connectivity index (χ2n) is 4.82. The molecular formula is C13H15F3N2O2. The van der Waals surface area contributed by atoms with Gasteiger partial charge in [-0.3, -0.25) is 9.13 Å². The molecule has 1 N–H and O–H groups in total. The number of aromatic nitrogens is 2. The van der Waals surface area contributed by atoms with E-state index in [0.29, 0.717) is 16.6 Å². The molecule has 0 spiro atoms. The van der Waals surface area contributed by atoms with Gasteiger partial charge in [-0.25, -0.2) is 4.79 Å². The molecule has 0 aliphatic rings. The molecule has 0 radical (unpaired) electrons. The van der Waals surface area contributed by atoms with Crippen molar-refractivity contribution in [3.8, 4) is 0 Å². The van der Waals surface area contributed by atoms with Gasteiger partial charge in [0.05, 0.1) is 17.1 Å². The predicted octanol–water partition coefficient (Wildman–Crippen LogP) is 2.25. The van der Waals surface area contributed by atoms with Gasteiger partial charge in [0.1, 0.15) is 0 Å². The molecule has 0 fully saturated rings. The van der Waals surface area contributed by atoms with Gasteiger partial charge in [-0.05, 0) is 24.1 Å². The van der Waals surface area contributed by atoms with E-state index in [0.717, 1.165) is 0 Å². The highest BCUT2D eigenvalue weighted by molar-refractivity contribution is 5.76. The number of imidazole rings is 1. The Morgan fingerprint density at radius 1 is 1.20 bits per heavy atom. The van der Waals surface area contributed by atoms with E-state index in [-0.39, 0.29) is 5.69 Å². The Bertz CT molecular complexity index is 685. The van der Waals surface area contributed by atoms with Crippen LogP contribution in [0, 0.1) is 0 Å². The maximum Gasteiger partial charge on any atom is 0.389 e. The topological polar surface area (TPSA) is 47.2 Å². The minimum atomic E-state index is -4.29. The molecule has 20 heavy (non-hydrogen) atoms. The van der Waals surface area contributed by atoms with E-state index in [1.807, 2.05) is 0 Å². The quantitative estimate of drug-likeness (QED) is 0.941. The van der Waals surface area contributed by atoms with Crippen LogP contribution in [0.25, 0.3) is 11.0 Å². The van der Waals surface area contributed by atoms with Crippen molar-refractivity contribution in [2.24, 2.45) is 14.1 Å². The number of nitrogens with zero attached hydrogens (tertiary/aromatic N) is 2. The number of hydrogen-bond acceptors (Lipinski definition) is 2. The van der Waals surface area contributed by atoms with Crippen LogP contribution in [-0.4, -0.2) is 20.4 Å². The van der Waals surface area contributed by atoms with Crippen LogP contribution in [0.15, 0.2) is 23.0 Å². The van der Waals surface area contributed by atoms with Gasteiger partial charge in [0, 0.05) is 20.5 Å². The highest BCUT2D eigenvalue weighted by Gasteiger charge is 2.28. The first-order valence-corrected chi connectivity index (χ1v) is 6.11. The first-order valence-electron chi connectivity index (χ1n) is 6.11. The molecule has 0 aliphatic heterocycles. The summed E-state index contributed by atoms with van der Waals surface area (Å²) in [5, 5.41) is 9.82. The van der Waals surface area contributed by atoms with E-state index >= 15 is 0 Å². The zero-order valence-electron chi connectivity index (χ0n) is 11.1. The Balaban J connectivity index is 2.32. The zero-order valence-corrected chi connectivity index (χ0v) is 11.1. The van der Waals surface area contributed by atoms with Gasteiger partial charge in [0.25, 0.3) is 0 Å².